The first-order valence-electron chi connectivity index (χ1n) is 6.40. The zero-order chi connectivity index (χ0) is 14.4. The van der Waals surface area contributed by atoms with Crippen LogP contribution in [0.25, 0.3) is 0 Å². The lowest BCUT2D eigenvalue weighted by molar-refractivity contribution is 0.0697. The predicted octanol–water partition coefficient (Wildman–Crippen LogP) is 2.96. The number of hydrogen-bond donors (Lipinski definition) is 2. The van der Waals surface area contributed by atoms with Crippen molar-refractivity contribution in [1.82, 2.24) is 4.90 Å². The second kappa shape index (κ2) is 6.78. The maximum absolute atomic E-state index is 12.0. The molecular weight excluding hydrogens is 244 g/mol. The molecule has 1 aromatic carbocycles. The third-order valence-electron chi connectivity index (χ3n) is 2.89. The van der Waals surface area contributed by atoms with E-state index in [0.29, 0.717) is 24.3 Å². The number of aromatic carboxylic acids is 1. The minimum atomic E-state index is -1.04. The zero-order valence-electron chi connectivity index (χ0n) is 11.6. The van der Waals surface area contributed by atoms with Crippen molar-refractivity contribution in [1.29, 1.82) is 0 Å². The van der Waals surface area contributed by atoms with Crippen LogP contribution in [-0.2, 0) is 0 Å². The molecule has 1 aromatic rings. The van der Waals surface area contributed by atoms with Crippen molar-refractivity contribution < 1.29 is 14.7 Å². The summed E-state index contributed by atoms with van der Waals surface area (Å²) in [6.07, 6.45) is 0.862. The Labute approximate surface area is 113 Å². The number of anilines is 1. The standard InChI is InChI=1S/C14H20N2O3/c1-4-9-16(5-2)14(19)15-11-8-6-7-10(3)12(11)13(17)18/h6-8H,4-5,9H2,1-3H3,(H,15,19)(H,17,18). The van der Waals surface area contributed by atoms with Gasteiger partial charge in [0.1, 0.15) is 0 Å². The summed E-state index contributed by atoms with van der Waals surface area (Å²) in [6.45, 7) is 6.84. The number of nitrogens with zero attached hydrogens (tertiary/aromatic N) is 1. The molecule has 0 unspecified atom stereocenters. The lowest BCUT2D eigenvalue weighted by Gasteiger charge is -2.21. The lowest BCUT2D eigenvalue weighted by atomic mass is 10.1. The summed E-state index contributed by atoms with van der Waals surface area (Å²) in [5.74, 6) is -1.04. The van der Waals surface area contributed by atoms with Crippen molar-refractivity contribution >= 4 is 17.7 Å². The highest BCUT2D eigenvalue weighted by molar-refractivity contribution is 6.01. The van der Waals surface area contributed by atoms with E-state index in [0.717, 1.165) is 6.42 Å². The van der Waals surface area contributed by atoms with Crippen LogP contribution in [0.3, 0.4) is 0 Å². The Morgan fingerprint density at radius 3 is 2.53 bits per heavy atom. The third-order valence-corrected chi connectivity index (χ3v) is 2.89. The molecule has 0 heterocycles. The summed E-state index contributed by atoms with van der Waals surface area (Å²) >= 11 is 0. The summed E-state index contributed by atoms with van der Waals surface area (Å²) in [7, 11) is 0. The monoisotopic (exact) mass is 264 g/mol. The fraction of sp³-hybridized carbons (Fsp3) is 0.429. The van der Waals surface area contributed by atoms with E-state index in [2.05, 4.69) is 5.32 Å². The van der Waals surface area contributed by atoms with Crippen molar-refractivity contribution in [2.75, 3.05) is 18.4 Å². The van der Waals surface area contributed by atoms with Crippen molar-refractivity contribution in [2.45, 2.75) is 27.2 Å². The highest BCUT2D eigenvalue weighted by Gasteiger charge is 2.17. The average Bonchev–Trinajstić information content (AvgIpc) is 2.35. The first-order chi connectivity index (χ1) is 9.01. The molecule has 19 heavy (non-hydrogen) atoms. The van der Waals surface area contributed by atoms with Crippen molar-refractivity contribution in [3.05, 3.63) is 29.3 Å². The molecule has 0 saturated heterocycles. The van der Waals surface area contributed by atoms with Gasteiger partial charge in [-0.15, -0.1) is 0 Å². The van der Waals surface area contributed by atoms with Crippen LogP contribution in [0.2, 0.25) is 0 Å². The van der Waals surface area contributed by atoms with E-state index in [9.17, 15) is 14.7 Å². The SMILES string of the molecule is CCCN(CC)C(=O)Nc1cccc(C)c1C(=O)O. The van der Waals surface area contributed by atoms with Crippen LogP contribution in [0.15, 0.2) is 18.2 Å². The van der Waals surface area contributed by atoms with E-state index in [1.54, 1.807) is 30.0 Å². The van der Waals surface area contributed by atoms with Gasteiger partial charge < -0.3 is 15.3 Å². The van der Waals surface area contributed by atoms with Crippen molar-refractivity contribution in [2.24, 2.45) is 0 Å². The van der Waals surface area contributed by atoms with E-state index in [4.69, 9.17) is 0 Å². The molecule has 5 nitrogen and oxygen atoms in total. The molecule has 0 radical (unpaired) electrons. The Morgan fingerprint density at radius 2 is 2.00 bits per heavy atom. The van der Waals surface area contributed by atoms with E-state index >= 15 is 0 Å². The largest absolute Gasteiger partial charge is 0.478 e. The first kappa shape index (κ1) is 15.0. The summed E-state index contributed by atoms with van der Waals surface area (Å²) in [6, 6.07) is 4.78. The first-order valence-corrected chi connectivity index (χ1v) is 6.40. The van der Waals surface area contributed by atoms with Gasteiger partial charge in [-0.05, 0) is 31.9 Å². The number of carbonyl (C=O) groups excluding carboxylic acids is 1. The van der Waals surface area contributed by atoms with Crippen LogP contribution in [0, 0.1) is 6.92 Å². The lowest BCUT2D eigenvalue weighted by Crippen LogP contribution is -2.35. The highest BCUT2D eigenvalue weighted by atomic mass is 16.4. The van der Waals surface area contributed by atoms with Gasteiger partial charge in [0.2, 0.25) is 0 Å². The fourth-order valence-electron chi connectivity index (χ4n) is 1.92. The van der Waals surface area contributed by atoms with E-state index in [1.807, 2.05) is 13.8 Å². The molecule has 2 amide bonds. The minimum absolute atomic E-state index is 0.142. The van der Waals surface area contributed by atoms with Gasteiger partial charge in [-0.25, -0.2) is 9.59 Å². The fourth-order valence-corrected chi connectivity index (χ4v) is 1.92. The van der Waals surface area contributed by atoms with Gasteiger partial charge in [-0.1, -0.05) is 19.1 Å². The number of carboxylic acids is 1. The normalized spacial score (nSPS) is 10.1. The topological polar surface area (TPSA) is 69.6 Å². The maximum Gasteiger partial charge on any atom is 0.338 e. The van der Waals surface area contributed by atoms with Gasteiger partial charge in [0.15, 0.2) is 0 Å². The molecule has 1 rings (SSSR count). The van der Waals surface area contributed by atoms with Gasteiger partial charge in [0, 0.05) is 13.1 Å². The number of carboxylic acid groups (broad SMARTS) is 1. The predicted molar refractivity (Wildman–Crippen MR) is 74.7 cm³/mol. The molecule has 0 aliphatic rings. The van der Waals surface area contributed by atoms with Gasteiger partial charge in [-0.2, -0.15) is 0 Å². The Balaban J connectivity index is 2.96. The van der Waals surface area contributed by atoms with E-state index in [1.165, 1.54) is 0 Å². The molecular formula is C14H20N2O3. The molecule has 0 spiro atoms. The molecule has 2 N–H and O–H groups in total. The minimum Gasteiger partial charge on any atom is -0.478 e. The number of benzene rings is 1. The third kappa shape index (κ3) is 3.71. The number of rotatable bonds is 5. The van der Waals surface area contributed by atoms with Gasteiger partial charge in [-0.3, -0.25) is 0 Å². The van der Waals surface area contributed by atoms with Gasteiger partial charge >= 0.3 is 12.0 Å². The second-order valence-corrected chi connectivity index (χ2v) is 4.31. The Hall–Kier alpha value is -2.04. The van der Waals surface area contributed by atoms with E-state index in [-0.39, 0.29) is 11.6 Å². The number of nitrogens with one attached hydrogen (secondary N) is 1. The van der Waals surface area contributed by atoms with Gasteiger partial charge in [0.25, 0.3) is 0 Å². The van der Waals surface area contributed by atoms with Gasteiger partial charge in [0.05, 0.1) is 11.3 Å². The maximum atomic E-state index is 12.0. The summed E-state index contributed by atoms with van der Waals surface area (Å²) in [5, 5.41) is 11.9. The number of carbonyl (C=O) groups is 2. The summed E-state index contributed by atoms with van der Waals surface area (Å²) in [4.78, 5) is 24.9. The van der Waals surface area contributed by atoms with Crippen LogP contribution in [0.5, 0.6) is 0 Å². The average molecular weight is 264 g/mol. The van der Waals surface area contributed by atoms with E-state index < -0.39 is 5.97 Å². The van der Waals surface area contributed by atoms with Crippen molar-refractivity contribution in [3.8, 4) is 0 Å². The molecule has 0 fully saturated rings. The molecule has 0 aliphatic heterocycles. The Morgan fingerprint density at radius 1 is 1.32 bits per heavy atom. The van der Waals surface area contributed by atoms with Crippen LogP contribution in [0.4, 0.5) is 10.5 Å². The molecule has 0 saturated carbocycles. The Kier molecular flexibility index (Phi) is 5.36. The molecule has 0 aliphatic carbocycles. The number of amides is 2. The smallest absolute Gasteiger partial charge is 0.338 e. The quantitative estimate of drug-likeness (QED) is 0.859. The zero-order valence-corrected chi connectivity index (χ0v) is 11.6. The number of urea groups is 1. The second-order valence-electron chi connectivity index (χ2n) is 4.31. The van der Waals surface area contributed by atoms with Crippen LogP contribution in [-0.4, -0.2) is 35.1 Å². The van der Waals surface area contributed by atoms with Crippen molar-refractivity contribution in [3.63, 3.8) is 0 Å². The van der Waals surface area contributed by atoms with Crippen LogP contribution >= 0.6 is 0 Å². The van der Waals surface area contributed by atoms with Crippen LogP contribution in [0.1, 0.15) is 36.2 Å². The molecule has 0 bridgehead atoms. The molecule has 104 valence electrons. The summed E-state index contributed by atoms with van der Waals surface area (Å²) < 4.78 is 0. The highest BCUT2D eigenvalue weighted by Crippen LogP contribution is 2.20. The number of hydrogen-bond acceptors (Lipinski definition) is 2. The number of aryl methyl sites for hydroxylation is 1. The Bertz CT molecular complexity index is 472. The van der Waals surface area contributed by atoms with Crippen LogP contribution < -0.4 is 5.32 Å². The summed E-state index contributed by atoms with van der Waals surface area (Å²) in [5.41, 5.74) is 1.11. The molecule has 0 atom stereocenters. The molecule has 5 heteroatoms. The molecule has 0 aromatic heterocycles.